The van der Waals surface area contributed by atoms with Gasteiger partial charge in [-0.1, -0.05) is 12.1 Å². The van der Waals surface area contributed by atoms with Gasteiger partial charge in [0, 0.05) is 0 Å². The summed E-state index contributed by atoms with van der Waals surface area (Å²) in [5.41, 5.74) is 4.98. The van der Waals surface area contributed by atoms with Gasteiger partial charge in [-0.15, -0.1) is 0 Å². The van der Waals surface area contributed by atoms with Crippen molar-refractivity contribution in [1.29, 1.82) is 0 Å². The number of hydrogen-bond donors (Lipinski definition) is 2. The molecule has 0 unspecified atom stereocenters. The molecule has 0 saturated carbocycles. The Hall–Kier alpha value is -3.52. The quantitative estimate of drug-likeness (QED) is 0.406. The highest BCUT2D eigenvalue weighted by Gasteiger charge is 2.24. The molecule has 0 atom stereocenters. The van der Waals surface area contributed by atoms with Crippen LogP contribution in [0.2, 0.25) is 0 Å². The second-order valence-corrected chi connectivity index (χ2v) is 9.70. The first kappa shape index (κ1) is 25.1. The highest BCUT2D eigenvalue weighted by molar-refractivity contribution is 7.92. The molecule has 0 aliphatic carbocycles. The molecule has 0 amide bonds. The zero-order valence-electron chi connectivity index (χ0n) is 19.9. The zero-order valence-corrected chi connectivity index (χ0v) is 20.7. The van der Waals surface area contributed by atoms with E-state index in [9.17, 15) is 13.2 Å². The molecule has 3 aromatic rings. The number of sulfonamides is 1. The summed E-state index contributed by atoms with van der Waals surface area (Å²) in [4.78, 5) is 11.2. The van der Waals surface area contributed by atoms with E-state index < -0.39 is 16.0 Å². The molecule has 0 saturated heterocycles. The molecular formula is C26H29NO6S. The number of carbonyl (C=O) groups is 1. The Kier molecular flexibility index (Phi) is 7.51. The van der Waals surface area contributed by atoms with Crippen LogP contribution in [0.3, 0.4) is 0 Å². The van der Waals surface area contributed by atoms with Crippen molar-refractivity contribution in [2.75, 3.05) is 17.9 Å². The SMILES string of the molecule is Cc1c(C)c(C)c(S(=O)(=O)Nc2ccccc2OCCOc2ccc(C(=O)O)cc2)c(C)c1C. The van der Waals surface area contributed by atoms with Gasteiger partial charge >= 0.3 is 5.97 Å². The molecule has 2 N–H and O–H groups in total. The van der Waals surface area contributed by atoms with E-state index in [0.717, 1.165) is 27.8 Å². The highest BCUT2D eigenvalue weighted by Crippen LogP contribution is 2.33. The maximum atomic E-state index is 13.4. The van der Waals surface area contributed by atoms with Crippen LogP contribution in [0.5, 0.6) is 11.5 Å². The van der Waals surface area contributed by atoms with Crippen LogP contribution >= 0.6 is 0 Å². The molecule has 0 spiro atoms. The molecule has 0 aliphatic heterocycles. The molecule has 0 bridgehead atoms. The van der Waals surface area contributed by atoms with Crippen molar-refractivity contribution in [2.24, 2.45) is 0 Å². The third-order valence-corrected chi connectivity index (χ3v) is 7.68. The summed E-state index contributed by atoms with van der Waals surface area (Å²) in [5.74, 6) is -0.110. The Bertz CT molecular complexity index is 1280. The van der Waals surface area contributed by atoms with E-state index in [1.807, 2.05) is 34.6 Å². The minimum Gasteiger partial charge on any atom is -0.490 e. The fourth-order valence-corrected chi connectivity index (χ4v) is 5.42. The van der Waals surface area contributed by atoms with Gasteiger partial charge in [0.05, 0.1) is 16.1 Å². The number of hydrogen-bond acceptors (Lipinski definition) is 5. The lowest BCUT2D eigenvalue weighted by Gasteiger charge is -2.20. The molecule has 3 rings (SSSR count). The van der Waals surface area contributed by atoms with Crippen LogP contribution in [-0.4, -0.2) is 32.7 Å². The molecule has 0 heterocycles. The Balaban J connectivity index is 1.73. The minimum absolute atomic E-state index is 0.167. The summed E-state index contributed by atoms with van der Waals surface area (Å²) in [7, 11) is -3.85. The van der Waals surface area contributed by atoms with Gasteiger partial charge in [-0.05, 0) is 98.8 Å². The van der Waals surface area contributed by atoms with Gasteiger partial charge in [-0.2, -0.15) is 0 Å². The first-order valence-corrected chi connectivity index (χ1v) is 12.3. The standard InChI is InChI=1S/C26H29NO6S/c1-16-17(2)19(4)25(20(5)18(16)3)34(30,31)27-23-8-6-7-9-24(23)33-15-14-32-22-12-10-21(11-13-22)26(28)29/h6-13,27H,14-15H2,1-5H3,(H,28,29). The van der Waals surface area contributed by atoms with Gasteiger partial charge in [0.25, 0.3) is 10.0 Å². The summed E-state index contributed by atoms with van der Waals surface area (Å²) < 4.78 is 40.8. The van der Waals surface area contributed by atoms with Crippen molar-refractivity contribution in [3.63, 3.8) is 0 Å². The third kappa shape index (κ3) is 5.34. The highest BCUT2D eigenvalue weighted by atomic mass is 32.2. The first-order chi connectivity index (χ1) is 16.0. The third-order valence-electron chi connectivity index (χ3n) is 6.04. The fourth-order valence-electron chi connectivity index (χ4n) is 3.75. The van der Waals surface area contributed by atoms with Crippen molar-refractivity contribution >= 4 is 21.7 Å². The van der Waals surface area contributed by atoms with Crippen LogP contribution < -0.4 is 14.2 Å². The van der Waals surface area contributed by atoms with Gasteiger partial charge in [-0.3, -0.25) is 4.72 Å². The molecule has 34 heavy (non-hydrogen) atoms. The number of para-hydroxylation sites is 2. The summed E-state index contributed by atoms with van der Waals surface area (Å²) in [6.07, 6.45) is 0. The topological polar surface area (TPSA) is 102 Å². The van der Waals surface area contributed by atoms with E-state index in [1.165, 1.54) is 12.1 Å². The summed E-state index contributed by atoms with van der Waals surface area (Å²) >= 11 is 0. The second-order valence-electron chi connectivity index (χ2n) is 8.08. The molecule has 0 aliphatic rings. The van der Waals surface area contributed by atoms with Gasteiger partial charge in [-0.25, -0.2) is 13.2 Å². The maximum Gasteiger partial charge on any atom is 0.335 e. The first-order valence-electron chi connectivity index (χ1n) is 10.8. The number of rotatable bonds is 9. The average Bonchev–Trinajstić information content (AvgIpc) is 2.80. The Labute approximate surface area is 200 Å². The number of benzene rings is 3. The Morgan fingerprint density at radius 3 is 1.91 bits per heavy atom. The number of carboxylic acids is 1. The fraction of sp³-hybridized carbons (Fsp3) is 0.269. The van der Waals surface area contributed by atoms with Crippen molar-refractivity contribution in [1.82, 2.24) is 0 Å². The van der Waals surface area contributed by atoms with Crippen molar-refractivity contribution in [3.8, 4) is 11.5 Å². The zero-order chi connectivity index (χ0) is 25.0. The Morgan fingerprint density at radius 1 is 0.794 bits per heavy atom. The normalized spacial score (nSPS) is 11.2. The number of ether oxygens (including phenoxy) is 2. The minimum atomic E-state index is -3.85. The monoisotopic (exact) mass is 483 g/mol. The molecule has 3 aromatic carbocycles. The summed E-state index contributed by atoms with van der Waals surface area (Å²) in [5, 5.41) is 8.96. The van der Waals surface area contributed by atoms with E-state index in [0.29, 0.717) is 17.2 Å². The van der Waals surface area contributed by atoms with Gasteiger partial charge < -0.3 is 14.6 Å². The molecular weight excluding hydrogens is 454 g/mol. The van der Waals surface area contributed by atoms with E-state index in [2.05, 4.69) is 4.72 Å². The molecule has 180 valence electrons. The van der Waals surface area contributed by atoms with E-state index in [1.54, 1.807) is 36.4 Å². The lowest BCUT2D eigenvalue weighted by molar-refractivity contribution is 0.0697. The van der Waals surface area contributed by atoms with Crippen LogP contribution in [0.25, 0.3) is 0 Å². The second kappa shape index (κ2) is 10.2. The molecule has 0 aromatic heterocycles. The summed E-state index contributed by atoms with van der Waals surface area (Å²) in [6, 6.07) is 12.9. The van der Waals surface area contributed by atoms with Crippen LogP contribution in [0.4, 0.5) is 5.69 Å². The van der Waals surface area contributed by atoms with Gasteiger partial charge in [0.1, 0.15) is 24.7 Å². The molecule has 0 radical (unpaired) electrons. The molecule has 7 nitrogen and oxygen atoms in total. The lowest BCUT2D eigenvalue weighted by Crippen LogP contribution is -2.18. The number of aromatic carboxylic acids is 1. The van der Waals surface area contributed by atoms with Gasteiger partial charge in [0.15, 0.2) is 0 Å². The van der Waals surface area contributed by atoms with Crippen LogP contribution in [-0.2, 0) is 10.0 Å². The summed E-state index contributed by atoms with van der Waals surface area (Å²) in [6.45, 7) is 9.88. The number of anilines is 1. The average molecular weight is 484 g/mol. The predicted octanol–water partition coefficient (Wildman–Crippen LogP) is 5.19. The molecule has 0 fully saturated rings. The van der Waals surface area contributed by atoms with E-state index in [4.69, 9.17) is 14.6 Å². The predicted molar refractivity (Wildman–Crippen MR) is 132 cm³/mol. The number of nitrogens with one attached hydrogen (secondary N) is 1. The lowest BCUT2D eigenvalue weighted by atomic mass is 9.95. The number of carboxylic acid groups (broad SMARTS) is 1. The Morgan fingerprint density at radius 2 is 1.32 bits per heavy atom. The van der Waals surface area contributed by atoms with Crippen LogP contribution in [0.1, 0.15) is 38.2 Å². The van der Waals surface area contributed by atoms with Crippen LogP contribution in [0.15, 0.2) is 53.4 Å². The molecule has 8 heteroatoms. The van der Waals surface area contributed by atoms with E-state index in [-0.39, 0.29) is 23.7 Å². The van der Waals surface area contributed by atoms with Crippen molar-refractivity contribution in [2.45, 2.75) is 39.5 Å². The van der Waals surface area contributed by atoms with Gasteiger partial charge in [0.2, 0.25) is 0 Å². The maximum absolute atomic E-state index is 13.4. The van der Waals surface area contributed by atoms with Crippen LogP contribution in [0, 0.1) is 34.6 Å². The smallest absolute Gasteiger partial charge is 0.335 e. The van der Waals surface area contributed by atoms with Crippen molar-refractivity contribution < 1.29 is 27.8 Å². The van der Waals surface area contributed by atoms with E-state index >= 15 is 0 Å². The van der Waals surface area contributed by atoms with Crippen molar-refractivity contribution in [3.05, 3.63) is 81.9 Å². The largest absolute Gasteiger partial charge is 0.490 e.